The van der Waals surface area contributed by atoms with Gasteiger partial charge in [0.05, 0.1) is 6.42 Å². The second kappa shape index (κ2) is 6.47. The molecule has 1 heterocycles. The predicted octanol–water partition coefficient (Wildman–Crippen LogP) is -0.807. The zero-order valence-corrected chi connectivity index (χ0v) is 10.8. The van der Waals surface area contributed by atoms with Crippen LogP contribution in [-0.4, -0.2) is 53.9 Å². The van der Waals surface area contributed by atoms with Gasteiger partial charge in [-0.1, -0.05) is 0 Å². The summed E-state index contributed by atoms with van der Waals surface area (Å²) < 4.78 is 26.7. The number of imidazole rings is 1. The quantitative estimate of drug-likeness (QED) is 0.574. The predicted molar refractivity (Wildman–Crippen MR) is 64.1 cm³/mol. The van der Waals surface area contributed by atoms with Crippen LogP contribution in [0.25, 0.3) is 0 Å². The molecule has 0 bridgehead atoms. The number of aromatic amines is 1. The first-order valence-electron chi connectivity index (χ1n) is 5.33. The Morgan fingerprint density at radius 1 is 1.61 bits per heavy atom. The summed E-state index contributed by atoms with van der Waals surface area (Å²) in [5, 5.41) is 8.47. The highest BCUT2D eigenvalue weighted by Gasteiger charge is 2.17. The number of hydrogen-bond donors (Lipinski definition) is 3. The van der Waals surface area contributed by atoms with Crippen molar-refractivity contribution in [3.8, 4) is 0 Å². The fourth-order valence-corrected chi connectivity index (χ4v) is 2.13. The van der Waals surface area contributed by atoms with Crippen molar-refractivity contribution in [3.63, 3.8) is 0 Å². The number of carboxylic acid groups (broad SMARTS) is 1. The van der Waals surface area contributed by atoms with E-state index >= 15 is 0 Å². The van der Waals surface area contributed by atoms with Gasteiger partial charge in [-0.3, -0.25) is 4.79 Å². The summed E-state index contributed by atoms with van der Waals surface area (Å²) >= 11 is 0. The molecule has 8 nitrogen and oxygen atoms in total. The number of aliphatic carboxylic acids is 1. The smallest absolute Gasteiger partial charge is 0.304 e. The van der Waals surface area contributed by atoms with Gasteiger partial charge in [0.1, 0.15) is 5.82 Å². The van der Waals surface area contributed by atoms with E-state index in [1.807, 2.05) is 0 Å². The Morgan fingerprint density at radius 3 is 2.89 bits per heavy atom. The van der Waals surface area contributed by atoms with Crippen molar-refractivity contribution in [1.82, 2.24) is 19.0 Å². The third-order valence-corrected chi connectivity index (χ3v) is 3.82. The van der Waals surface area contributed by atoms with E-state index in [0.29, 0.717) is 12.2 Å². The van der Waals surface area contributed by atoms with Gasteiger partial charge in [0.2, 0.25) is 0 Å². The highest BCUT2D eigenvalue weighted by atomic mass is 32.2. The molecule has 1 rings (SSSR count). The largest absolute Gasteiger partial charge is 0.481 e. The first-order valence-corrected chi connectivity index (χ1v) is 6.77. The van der Waals surface area contributed by atoms with Crippen molar-refractivity contribution in [2.24, 2.45) is 0 Å². The van der Waals surface area contributed by atoms with Crippen LogP contribution in [0, 0.1) is 0 Å². The normalized spacial score (nSPS) is 11.9. The average Bonchev–Trinajstić information content (AvgIpc) is 2.78. The van der Waals surface area contributed by atoms with Crippen LogP contribution < -0.4 is 4.72 Å². The van der Waals surface area contributed by atoms with E-state index in [1.54, 1.807) is 12.4 Å². The third kappa shape index (κ3) is 4.82. The Balaban J connectivity index is 2.36. The molecule has 1 aromatic rings. The second-order valence-corrected chi connectivity index (χ2v) is 5.51. The van der Waals surface area contributed by atoms with Crippen LogP contribution in [-0.2, 0) is 21.4 Å². The van der Waals surface area contributed by atoms with Crippen molar-refractivity contribution >= 4 is 16.2 Å². The molecule has 0 amide bonds. The topological polar surface area (TPSA) is 115 Å². The zero-order chi connectivity index (χ0) is 13.6. The molecule has 0 spiro atoms. The Labute approximate surface area is 105 Å². The Bertz CT molecular complexity index is 471. The molecule has 0 radical (unpaired) electrons. The highest BCUT2D eigenvalue weighted by Crippen LogP contribution is 1.97. The summed E-state index contributed by atoms with van der Waals surface area (Å²) in [4.78, 5) is 17.2. The number of hydrogen-bond acceptors (Lipinski definition) is 4. The Hall–Kier alpha value is -1.45. The molecule has 0 aliphatic rings. The van der Waals surface area contributed by atoms with Gasteiger partial charge in [-0.15, -0.1) is 0 Å². The van der Waals surface area contributed by atoms with E-state index < -0.39 is 16.2 Å². The van der Waals surface area contributed by atoms with Crippen molar-refractivity contribution in [1.29, 1.82) is 0 Å². The van der Waals surface area contributed by atoms with Gasteiger partial charge < -0.3 is 10.1 Å². The standard InChI is InChI=1S/C9H16N4O4S/c1-13(7-3-9(14)15)18(16,17)12-4-2-8-10-5-6-11-8/h5-6,12H,2-4,7H2,1H3,(H,10,11)(H,14,15). The molecule has 1 aromatic heterocycles. The molecular weight excluding hydrogens is 260 g/mol. The lowest BCUT2D eigenvalue weighted by Crippen LogP contribution is -2.40. The van der Waals surface area contributed by atoms with E-state index in [-0.39, 0.29) is 19.5 Å². The van der Waals surface area contributed by atoms with Crippen LogP contribution in [0.15, 0.2) is 12.4 Å². The SMILES string of the molecule is CN(CCC(=O)O)S(=O)(=O)NCCc1ncc[nH]1. The van der Waals surface area contributed by atoms with E-state index in [1.165, 1.54) is 7.05 Å². The molecule has 0 saturated carbocycles. The van der Waals surface area contributed by atoms with Crippen LogP contribution in [0.4, 0.5) is 0 Å². The molecule has 0 aliphatic heterocycles. The maximum absolute atomic E-state index is 11.7. The van der Waals surface area contributed by atoms with Gasteiger partial charge in [0.15, 0.2) is 0 Å². The summed E-state index contributed by atoms with van der Waals surface area (Å²) in [7, 11) is -2.30. The van der Waals surface area contributed by atoms with Crippen LogP contribution >= 0.6 is 0 Å². The minimum atomic E-state index is -3.63. The molecule has 0 atom stereocenters. The van der Waals surface area contributed by atoms with Gasteiger partial charge in [0, 0.05) is 39.0 Å². The summed E-state index contributed by atoms with van der Waals surface area (Å²) in [6.45, 7) is 0.138. The van der Waals surface area contributed by atoms with E-state index in [4.69, 9.17) is 5.11 Å². The number of rotatable bonds is 8. The third-order valence-electron chi connectivity index (χ3n) is 2.25. The average molecular weight is 276 g/mol. The second-order valence-electron chi connectivity index (χ2n) is 3.65. The van der Waals surface area contributed by atoms with E-state index in [9.17, 15) is 13.2 Å². The van der Waals surface area contributed by atoms with Crippen LogP contribution in [0.5, 0.6) is 0 Å². The molecule has 3 N–H and O–H groups in total. The number of carboxylic acids is 1. The van der Waals surface area contributed by atoms with Crippen molar-refractivity contribution < 1.29 is 18.3 Å². The summed E-state index contributed by atoms with van der Waals surface area (Å²) in [5.41, 5.74) is 0. The number of aromatic nitrogens is 2. The van der Waals surface area contributed by atoms with Gasteiger partial charge >= 0.3 is 5.97 Å². The molecule has 0 aliphatic carbocycles. The van der Waals surface area contributed by atoms with E-state index in [2.05, 4.69) is 14.7 Å². The fraction of sp³-hybridized carbons (Fsp3) is 0.556. The van der Waals surface area contributed by atoms with Gasteiger partial charge in [0.25, 0.3) is 10.2 Å². The lowest BCUT2D eigenvalue weighted by atomic mass is 10.4. The molecule has 0 saturated heterocycles. The Morgan fingerprint density at radius 2 is 2.33 bits per heavy atom. The van der Waals surface area contributed by atoms with Crippen LogP contribution in [0.1, 0.15) is 12.2 Å². The molecule has 18 heavy (non-hydrogen) atoms. The summed E-state index contributed by atoms with van der Waals surface area (Å²) in [6.07, 6.45) is 3.46. The number of nitrogens with one attached hydrogen (secondary N) is 2. The van der Waals surface area contributed by atoms with Gasteiger partial charge in [-0.2, -0.15) is 12.7 Å². The first kappa shape index (κ1) is 14.6. The molecule has 0 aromatic carbocycles. The molecule has 0 unspecified atom stereocenters. The van der Waals surface area contributed by atoms with Crippen LogP contribution in [0.2, 0.25) is 0 Å². The minimum absolute atomic E-state index is 0.0641. The fourth-order valence-electron chi connectivity index (χ4n) is 1.22. The van der Waals surface area contributed by atoms with Crippen molar-refractivity contribution in [2.45, 2.75) is 12.8 Å². The zero-order valence-electron chi connectivity index (χ0n) is 9.96. The number of H-pyrrole nitrogens is 1. The molecule has 0 fully saturated rings. The maximum atomic E-state index is 11.7. The van der Waals surface area contributed by atoms with Crippen molar-refractivity contribution in [3.05, 3.63) is 18.2 Å². The molecular formula is C9H16N4O4S. The van der Waals surface area contributed by atoms with Gasteiger partial charge in [-0.25, -0.2) is 9.71 Å². The lowest BCUT2D eigenvalue weighted by molar-refractivity contribution is -0.137. The maximum Gasteiger partial charge on any atom is 0.304 e. The minimum Gasteiger partial charge on any atom is -0.481 e. The number of nitrogens with zero attached hydrogens (tertiary/aromatic N) is 2. The lowest BCUT2D eigenvalue weighted by Gasteiger charge is -2.16. The van der Waals surface area contributed by atoms with Crippen molar-refractivity contribution in [2.75, 3.05) is 20.1 Å². The Kier molecular flexibility index (Phi) is 5.25. The summed E-state index contributed by atoms with van der Waals surface area (Å²) in [6, 6.07) is 0. The molecule has 102 valence electrons. The van der Waals surface area contributed by atoms with Crippen LogP contribution in [0.3, 0.4) is 0 Å². The molecule has 9 heteroatoms. The number of carbonyl (C=O) groups is 1. The first-order chi connectivity index (χ1) is 8.42. The van der Waals surface area contributed by atoms with E-state index in [0.717, 1.165) is 4.31 Å². The monoisotopic (exact) mass is 276 g/mol. The van der Waals surface area contributed by atoms with Gasteiger partial charge in [-0.05, 0) is 0 Å². The highest BCUT2D eigenvalue weighted by molar-refractivity contribution is 7.87. The summed E-state index contributed by atoms with van der Waals surface area (Å²) in [5.74, 6) is -0.349.